The molecule has 0 amide bonds. The molecule has 2 aliphatic rings. The Hall–Kier alpha value is -4.48. The quantitative estimate of drug-likeness (QED) is 0.0142. The highest BCUT2D eigenvalue weighted by Gasteiger charge is 2.21. The van der Waals surface area contributed by atoms with Crippen molar-refractivity contribution < 1.29 is 67.6 Å². The minimum Gasteiger partial charge on any atom is -0.462 e. The molecule has 0 spiro atoms. The highest BCUT2D eigenvalue weighted by atomic mass is 127. The number of hydrogen-bond acceptors (Lipinski definition) is 14. The zero-order chi connectivity index (χ0) is 38.6. The van der Waals surface area contributed by atoms with Crippen molar-refractivity contribution >= 4 is 52.4 Å². The molecule has 53 heavy (non-hydrogen) atoms. The molecule has 0 aromatic heterocycles. The molecule has 288 valence electrons. The largest absolute Gasteiger partial charge is 0.462 e. The van der Waals surface area contributed by atoms with Crippen LogP contribution in [0, 0.1) is 0 Å². The number of carbonyl (C=O) groups is 5. The van der Waals surface area contributed by atoms with Gasteiger partial charge in [0.2, 0.25) is 0 Å². The van der Waals surface area contributed by atoms with Crippen LogP contribution in [-0.2, 0) is 47.9 Å². The van der Waals surface area contributed by atoms with E-state index in [1.54, 1.807) is 13.0 Å². The number of rotatable bonds is 22. The molecule has 1 aromatic carbocycles. The van der Waals surface area contributed by atoms with Gasteiger partial charge in [-0.3, -0.25) is 29.1 Å². The number of esters is 3. The smallest absolute Gasteiger partial charge is 0.356 e. The Kier molecular flexibility index (Phi) is 18.8. The van der Waals surface area contributed by atoms with Gasteiger partial charge in [-0.15, -0.1) is 0 Å². The molecular weight excluding hydrogens is 807 g/mol. The van der Waals surface area contributed by atoms with Crippen molar-refractivity contribution in [2.75, 3.05) is 13.2 Å². The fourth-order valence-corrected chi connectivity index (χ4v) is 5.34. The molecule has 15 heteroatoms. The average molecular weight is 853 g/mol. The van der Waals surface area contributed by atoms with E-state index in [9.17, 15) is 29.1 Å². The van der Waals surface area contributed by atoms with Gasteiger partial charge in [-0.25, -0.2) is 14.4 Å². The second-order valence-electron chi connectivity index (χ2n) is 12.1. The zero-order valence-corrected chi connectivity index (χ0v) is 32.0. The lowest BCUT2D eigenvalue weighted by atomic mass is 10.2. The fourth-order valence-electron chi connectivity index (χ4n) is 4.63. The monoisotopic (exact) mass is 852 g/mol. The van der Waals surface area contributed by atoms with Crippen molar-refractivity contribution in [1.82, 2.24) is 0 Å². The van der Waals surface area contributed by atoms with Gasteiger partial charge in [-0.2, -0.15) is 0 Å². The minimum absolute atomic E-state index is 0.0455. The van der Waals surface area contributed by atoms with Crippen LogP contribution in [-0.4, -0.2) is 54.5 Å². The lowest BCUT2D eigenvalue weighted by Crippen LogP contribution is -2.14. The lowest BCUT2D eigenvalue weighted by Gasteiger charge is -2.12. The molecule has 3 rings (SSSR count). The van der Waals surface area contributed by atoms with Crippen LogP contribution < -0.4 is 9.78 Å². The van der Waals surface area contributed by atoms with Crippen LogP contribution >= 0.6 is 22.6 Å². The molecule has 0 heterocycles. The molecule has 0 saturated carbocycles. The first-order valence-electron chi connectivity index (χ1n) is 17.2. The number of aliphatic hydroxyl groups is 1. The Morgan fingerprint density at radius 3 is 2.25 bits per heavy atom. The normalized spacial score (nSPS) is 15.6. The van der Waals surface area contributed by atoms with Gasteiger partial charge >= 0.3 is 29.8 Å². The van der Waals surface area contributed by atoms with Crippen molar-refractivity contribution in [3.05, 3.63) is 80.9 Å². The van der Waals surface area contributed by atoms with E-state index < -0.39 is 36.1 Å². The summed E-state index contributed by atoms with van der Waals surface area (Å²) in [4.78, 5) is 81.7. The molecule has 0 radical (unpaired) electrons. The van der Waals surface area contributed by atoms with E-state index in [0.29, 0.717) is 56.5 Å². The Morgan fingerprint density at radius 2 is 1.58 bits per heavy atom. The molecule has 1 aromatic rings. The van der Waals surface area contributed by atoms with Crippen LogP contribution in [0.2, 0.25) is 0 Å². The Bertz CT molecular complexity index is 1610. The topological polar surface area (TPSA) is 179 Å². The van der Waals surface area contributed by atoms with E-state index in [-0.39, 0.29) is 49.4 Å². The minimum atomic E-state index is -1.01. The summed E-state index contributed by atoms with van der Waals surface area (Å²) in [5.74, 6) is -3.60. The van der Waals surface area contributed by atoms with E-state index in [4.69, 9.17) is 38.5 Å². The highest BCUT2D eigenvalue weighted by Crippen LogP contribution is 2.29. The van der Waals surface area contributed by atoms with Gasteiger partial charge in [0.05, 0.1) is 45.2 Å². The average Bonchev–Trinajstić information content (AvgIpc) is 3.79. The number of ether oxygens (including phenoxy) is 4. The lowest BCUT2D eigenvalue weighted by molar-refractivity contribution is -0.216. The Labute approximate surface area is 321 Å². The number of aliphatic hydroxyl groups excluding tert-OH is 1. The molecule has 0 aliphatic heterocycles. The van der Waals surface area contributed by atoms with Gasteiger partial charge in [-0.05, 0) is 107 Å². The van der Waals surface area contributed by atoms with Crippen LogP contribution in [0.4, 0.5) is 0 Å². The predicted octanol–water partition coefficient (Wildman–Crippen LogP) is 7.26. The van der Waals surface area contributed by atoms with Crippen LogP contribution in [0.5, 0.6) is 11.5 Å². The summed E-state index contributed by atoms with van der Waals surface area (Å²) in [6.45, 7) is 7.58. The fraction of sp³-hybridized carbons (Fsp3) is 0.447. The molecule has 0 bridgehead atoms. The van der Waals surface area contributed by atoms with Gasteiger partial charge in [0.15, 0.2) is 17.8 Å². The summed E-state index contributed by atoms with van der Waals surface area (Å²) in [7, 11) is 0. The summed E-state index contributed by atoms with van der Waals surface area (Å²) >= 11 is 2.21. The van der Waals surface area contributed by atoms with Crippen LogP contribution in [0.1, 0.15) is 101 Å². The first-order valence-corrected chi connectivity index (χ1v) is 18.3. The molecule has 2 aliphatic carbocycles. The van der Waals surface area contributed by atoms with E-state index in [0.717, 1.165) is 33.6 Å². The summed E-state index contributed by atoms with van der Waals surface area (Å²) in [6.07, 6.45) is 10.4. The van der Waals surface area contributed by atoms with E-state index in [1.165, 1.54) is 18.4 Å². The van der Waals surface area contributed by atoms with E-state index in [2.05, 4.69) is 29.2 Å². The maximum Gasteiger partial charge on any atom is 0.356 e. The van der Waals surface area contributed by atoms with Crippen molar-refractivity contribution in [1.29, 1.82) is 0 Å². The zero-order valence-electron chi connectivity index (χ0n) is 29.9. The second-order valence-corrected chi connectivity index (χ2v) is 13.5. The highest BCUT2D eigenvalue weighted by molar-refractivity contribution is 14.1. The third-order valence-corrected chi connectivity index (χ3v) is 8.44. The molecular formula is C38H45IO14. The van der Waals surface area contributed by atoms with Crippen molar-refractivity contribution in [3.8, 4) is 11.5 Å². The number of unbranched alkanes of at least 4 members (excludes halogenated alkanes) is 3. The molecule has 1 unspecified atom stereocenters. The van der Waals surface area contributed by atoms with Gasteiger partial charge in [-0.1, -0.05) is 25.2 Å². The number of halogens is 1. The number of hydrogen-bond donors (Lipinski definition) is 1. The maximum absolute atomic E-state index is 13.1. The molecule has 1 N–H and O–H groups in total. The van der Waals surface area contributed by atoms with Crippen LogP contribution in [0.15, 0.2) is 75.3 Å². The number of allylic oxidation sites excluding steroid dienone is 7. The van der Waals surface area contributed by atoms with Gasteiger partial charge in [0, 0.05) is 18.9 Å². The second kappa shape index (κ2) is 23.2. The maximum atomic E-state index is 13.1. The van der Waals surface area contributed by atoms with Crippen LogP contribution in [0.3, 0.4) is 0 Å². The van der Waals surface area contributed by atoms with Gasteiger partial charge in [0.1, 0.15) is 11.3 Å². The summed E-state index contributed by atoms with van der Waals surface area (Å²) in [6, 6.07) is 3.67. The number of benzene rings is 1. The van der Waals surface area contributed by atoms with E-state index in [1.807, 2.05) is 19.1 Å². The molecule has 0 saturated heterocycles. The third-order valence-electron chi connectivity index (χ3n) is 7.62. The van der Waals surface area contributed by atoms with E-state index >= 15 is 0 Å². The van der Waals surface area contributed by atoms with Crippen molar-refractivity contribution in [3.63, 3.8) is 0 Å². The summed E-state index contributed by atoms with van der Waals surface area (Å²) in [5.41, 5.74) is 2.31. The summed E-state index contributed by atoms with van der Waals surface area (Å²) < 4.78 is 22.2. The molecule has 14 nitrogen and oxygen atoms in total. The number of carbonyl (C=O) groups excluding carboxylic acids is 5. The first kappa shape index (κ1) is 42.9. The van der Waals surface area contributed by atoms with Crippen LogP contribution in [0.25, 0.3) is 0 Å². The molecule has 0 fully saturated rings. The SMILES string of the molecule is C=C(C)C(O)OCCCCCCOC(=O)c1cc(OOC(=O)CCC(=O)OC2=C/C(=C\C)CC2)ccc1OOC(=O)CCC(=O)O/C=C1/CC=C(I)C1. The third kappa shape index (κ3) is 16.8. The Morgan fingerprint density at radius 1 is 0.906 bits per heavy atom. The van der Waals surface area contributed by atoms with Crippen molar-refractivity contribution in [2.24, 2.45) is 0 Å². The predicted molar refractivity (Wildman–Crippen MR) is 197 cm³/mol. The standard InChI is InChI=1S/C38H45IO14/c1-4-26-10-12-29(22-26)49-34(41)16-18-35(42)52-50-30-13-14-32(51-53-36(43)17-15-33(40)48-24-27-9-11-28(39)21-27)31(23-30)38(45)47-20-8-6-5-7-19-46-37(44)25(2)3/h4,11,13-14,22-24,37,44H,2,5-10,12,15-21H2,1,3H3/b26-4-,27-24-. The summed E-state index contributed by atoms with van der Waals surface area (Å²) in [5, 5.41) is 9.63. The van der Waals surface area contributed by atoms with Gasteiger partial charge in [0.25, 0.3) is 0 Å². The van der Waals surface area contributed by atoms with Crippen molar-refractivity contribution in [2.45, 2.75) is 97.2 Å². The first-order chi connectivity index (χ1) is 25.4. The van der Waals surface area contributed by atoms with Gasteiger partial charge < -0.3 is 24.1 Å². The molecule has 1 atom stereocenters. The Balaban J connectivity index is 1.50.